The Bertz CT molecular complexity index is 450. The molecule has 0 amide bonds. The van der Waals surface area contributed by atoms with Crippen molar-refractivity contribution in [1.82, 2.24) is 9.55 Å². The van der Waals surface area contributed by atoms with Gasteiger partial charge in [0, 0.05) is 24.9 Å². The Morgan fingerprint density at radius 2 is 2.44 bits per heavy atom. The first-order chi connectivity index (χ1) is 7.70. The van der Waals surface area contributed by atoms with E-state index in [1.807, 2.05) is 0 Å². The maximum Gasteiger partial charge on any atom is 0.171 e. The van der Waals surface area contributed by atoms with Crippen LogP contribution in [0.3, 0.4) is 0 Å². The van der Waals surface area contributed by atoms with E-state index >= 15 is 0 Å². The second kappa shape index (κ2) is 4.76. The maximum atomic E-state index is 8.04. The van der Waals surface area contributed by atoms with E-state index in [-0.39, 0.29) is 16.6 Å². The summed E-state index contributed by atoms with van der Waals surface area (Å²) in [6.07, 6.45) is 4.97. The second-order valence-electron chi connectivity index (χ2n) is 3.74. The molecule has 2 heterocycles. The van der Waals surface area contributed by atoms with Gasteiger partial charge in [0.2, 0.25) is 0 Å². The van der Waals surface area contributed by atoms with Crippen molar-refractivity contribution in [3.05, 3.63) is 23.0 Å². The molecule has 1 aliphatic rings. The van der Waals surface area contributed by atoms with E-state index in [0.717, 1.165) is 19.4 Å². The highest BCUT2D eigenvalue weighted by molar-refractivity contribution is 6.29. The van der Waals surface area contributed by atoms with E-state index in [9.17, 15) is 0 Å². The molecule has 0 radical (unpaired) electrons. The molecule has 1 aliphatic heterocycles. The van der Waals surface area contributed by atoms with Gasteiger partial charge in [0.1, 0.15) is 5.84 Å². The molecule has 0 aromatic carbocycles. The van der Waals surface area contributed by atoms with Gasteiger partial charge < -0.3 is 4.74 Å². The van der Waals surface area contributed by atoms with Gasteiger partial charge in [-0.15, -0.1) is 0 Å². The number of ether oxygens (including phenoxy) is 1. The van der Waals surface area contributed by atoms with Gasteiger partial charge >= 0.3 is 0 Å². The summed E-state index contributed by atoms with van der Waals surface area (Å²) in [5.74, 6) is 0.398. The first kappa shape index (κ1) is 11.3. The highest BCUT2D eigenvalue weighted by Crippen LogP contribution is 2.15. The van der Waals surface area contributed by atoms with Gasteiger partial charge in [-0.1, -0.05) is 11.6 Å². The SMILES string of the molecule is N=C(C1CCCOC1)n1ccnc(Cl)c1=N. The molecular weight excluding hydrogens is 228 g/mol. The van der Waals surface area contributed by atoms with E-state index in [1.54, 1.807) is 6.20 Å². The van der Waals surface area contributed by atoms with Crippen LogP contribution in [0.5, 0.6) is 0 Å². The zero-order valence-electron chi connectivity index (χ0n) is 8.74. The van der Waals surface area contributed by atoms with E-state index in [2.05, 4.69) is 4.98 Å². The quantitative estimate of drug-likeness (QED) is 0.573. The molecule has 0 aliphatic carbocycles. The highest BCUT2D eigenvalue weighted by atomic mass is 35.5. The average Bonchev–Trinajstić information content (AvgIpc) is 2.33. The normalized spacial score (nSPS) is 20.7. The van der Waals surface area contributed by atoms with Gasteiger partial charge in [0.05, 0.1) is 6.61 Å². The second-order valence-corrected chi connectivity index (χ2v) is 4.09. The molecule has 16 heavy (non-hydrogen) atoms. The molecule has 1 fully saturated rings. The third-order valence-electron chi connectivity index (χ3n) is 2.65. The van der Waals surface area contributed by atoms with Gasteiger partial charge in [-0.2, -0.15) is 0 Å². The number of halogens is 1. The minimum atomic E-state index is 0.0429. The van der Waals surface area contributed by atoms with Gasteiger partial charge in [0.15, 0.2) is 10.6 Å². The Morgan fingerprint density at radius 1 is 1.62 bits per heavy atom. The van der Waals surface area contributed by atoms with Crippen molar-refractivity contribution in [2.24, 2.45) is 5.92 Å². The van der Waals surface area contributed by atoms with Crippen LogP contribution in [0.1, 0.15) is 12.8 Å². The van der Waals surface area contributed by atoms with Crippen LogP contribution in [0, 0.1) is 16.7 Å². The van der Waals surface area contributed by atoms with Gasteiger partial charge in [-0.05, 0) is 12.8 Å². The number of rotatable bonds is 1. The lowest BCUT2D eigenvalue weighted by atomic mass is 10.0. The van der Waals surface area contributed by atoms with Crippen LogP contribution < -0.4 is 5.49 Å². The Labute approximate surface area is 98.1 Å². The summed E-state index contributed by atoms with van der Waals surface area (Å²) in [5, 5.41) is 15.9. The van der Waals surface area contributed by atoms with Crippen LogP contribution in [0.15, 0.2) is 12.4 Å². The van der Waals surface area contributed by atoms with E-state index in [4.69, 9.17) is 27.2 Å². The Kier molecular flexibility index (Phi) is 3.36. The topological polar surface area (TPSA) is 74.8 Å². The lowest BCUT2D eigenvalue weighted by Crippen LogP contribution is -2.36. The predicted molar refractivity (Wildman–Crippen MR) is 59.8 cm³/mol. The molecule has 1 atom stereocenters. The van der Waals surface area contributed by atoms with Crippen LogP contribution in [0.25, 0.3) is 0 Å². The van der Waals surface area contributed by atoms with E-state index in [1.165, 1.54) is 10.8 Å². The predicted octanol–water partition coefficient (Wildman–Crippen LogP) is 1.27. The van der Waals surface area contributed by atoms with E-state index in [0.29, 0.717) is 12.4 Å². The van der Waals surface area contributed by atoms with E-state index < -0.39 is 0 Å². The van der Waals surface area contributed by atoms with Gasteiger partial charge in [-0.25, -0.2) is 4.98 Å². The Hall–Kier alpha value is -1.20. The van der Waals surface area contributed by atoms with Crippen molar-refractivity contribution < 1.29 is 4.74 Å². The van der Waals surface area contributed by atoms with Crippen LogP contribution in [-0.4, -0.2) is 28.6 Å². The summed E-state index contributed by atoms with van der Waals surface area (Å²) in [6, 6.07) is 0. The van der Waals surface area contributed by atoms with Crippen molar-refractivity contribution >= 4 is 17.4 Å². The Balaban J connectivity index is 2.26. The third kappa shape index (κ3) is 2.15. The number of nitrogens with one attached hydrogen (secondary N) is 2. The summed E-state index contributed by atoms with van der Waals surface area (Å²) in [7, 11) is 0. The molecule has 1 aromatic heterocycles. The zero-order valence-corrected chi connectivity index (χ0v) is 9.50. The Morgan fingerprint density at radius 3 is 3.12 bits per heavy atom. The molecule has 1 unspecified atom stereocenters. The third-order valence-corrected chi connectivity index (χ3v) is 2.92. The summed E-state index contributed by atoms with van der Waals surface area (Å²) >= 11 is 5.75. The molecule has 1 saturated heterocycles. The number of nitrogens with zero attached hydrogens (tertiary/aromatic N) is 2. The highest BCUT2D eigenvalue weighted by Gasteiger charge is 2.20. The average molecular weight is 241 g/mol. The summed E-state index contributed by atoms with van der Waals surface area (Å²) < 4.78 is 6.78. The van der Waals surface area contributed by atoms with Crippen LogP contribution in [0.2, 0.25) is 5.15 Å². The molecule has 86 valence electrons. The molecular formula is C10H13ClN4O. The van der Waals surface area contributed by atoms with Crippen molar-refractivity contribution in [2.75, 3.05) is 13.2 Å². The first-order valence-electron chi connectivity index (χ1n) is 5.14. The molecule has 6 heteroatoms. The summed E-state index contributed by atoms with van der Waals surface area (Å²) in [6.45, 7) is 1.31. The smallest absolute Gasteiger partial charge is 0.171 e. The largest absolute Gasteiger partial charge is 0.381 e. The molecule has 0 spiro atoms. The monoisotopic (exact) mass is 240 g/mol. The molecule has 5 nitrogen and oxygen atoms in total. The van der Waals surface area contributed by atoms with Crippen molar-refractivity contribution in [1.29, 1.82) is 10.8 Å². The minimum absolute atomic E-state index is 0.0429. The maximum absolute atomic E-state index is 8.04. The van der Waals surface area contributed by atoms with Gasteiger partial charge in [0.25, 0.3) is 0 Å². The van der Waals surface area contributed by atoms with Crippen molar-refractivity contribution in [3.8, 4) is 0 Å². The standard InChI is InChI=1S/C10H13ClN4O/c11-8-10(13)15(4-3-14-8)9(12)7-2-1-5-16-6-7/h3-4,7,12-13H,1-2,5-6H2. The minimum Gasteiger partial charge on any atom is -0.381 e. The fourth-order valence-corrected chi connectivity index (χ4v) is 1.90. The first-order valence-corrected chi connectivity index (χ1v) is 5.52. The van der Waals surface area contributed by atoms with Gasteiger partial charge in [-0.3, -0.25) is 15.4 Å². The summed E-state index contributed by atoms with van der Waals surface area (Å²) in [5.41, 5.74) is 0.0553. The molecule has 2 N–H and O–H groups in total. The molecule has 1 aromatic rings. The zero-order chi connectivity index (χ0) is 11.5. The lowest BCUT2D eigenvalue weighted by molar-refractivity contribution is 0.0756. The van der Waals surface area contributed by atoms with Crippen molar-refractivity contribution in [2.45, 2.75) is 12.8 Å². The fraction of sp³-hybridized carbons (Fsp3) is 0.500. The van der Waals surface area contributed by atoms with Crippen LogP contribution in [0.4, 0.5) is 0 Å². The number of hydrogen-bond donors (Lipinski definition) is 2. The molecule has 2 rings (SSSR count). The van der Waals surface area contributed by atoms with Crippen molar-refractivity contribution in [3.63, 3.8) is 0 Å². The molecule has 0 bridgehead atoms. The van der Waals surface area contributed by atoms with Crippen LogP contribution >= 0.6 is 11.6 Å². The van der Waals surface area contributed by atoms with Crippen LogP contribution in [-0.2, 0) is 4.74 Å². The lowest BCUT2D eigenvalue weighted by Gasteiger charge is -2.23. The number of aromatic nitrogens is 2. The fourth-order valence-electron chi connectivity index (χ4n) is 1.75. The molecule has 0 saturated carbocycles. The number of hydrogen-bond acceptors (Lipinski definition) is 4. The summed E-state index contributed by atoms with van der Waals surface area (Å²) in [4.78, 5) is 3.80.